The molecule has 2 aromatic heterocycles. The van der Waals surface area contributed by atoms with Gasteiger partial charge in [-0.1, -0.05) is 30.3 Å². The SMILES string of the molecule is CCn1nnc(-c2sc(C(N)=O)nc2-c2ccccc2)n1. The lowest BCUT2D eigenvalue weighted by Gasteiger charge is -1.98. The average Bonchev–Trinajstić information content (AvgIpc) is 3.14. The highest BCUT2D eigenvalue weighted by molar-refractivity contribution is 7.17. The van der Waals surface area contributed by atoms with Crippen LogP contribution in [0.1, 0.15) is 16.7 Å². The first-order chi connectivity index (χ1) is 10.2. The van der Waals surface area contributed by atoms with Crippen LogP contribution in [0.15, 0.2) is 30.3 Å². The number of aromatic nitrogens is 5. The standard InChI is InChI=1S/C13H12N6OS/c1-2-19-17-12(16-18-19)10-9(8-6-4-3-5-7-8)15-13(21-10)11(14)20/h3-7H,2H2,1H3,(H2,14,20). The first kappa shape index (κ1) is 13.4. The summed E-state index contributed by atoms with van der Waals surface area (Å²) < 4.78 is 0. The number of hydrogen-bond acceptors (Lipinski definition) is 6. The van der Waals surface area contributed by atoms with E-state index in [2.05, 4.69) is 20.4 Å². The van der Waals surface area contributed by atoms with Crippen molar-refractivity contribution in [1.82, 2.24) is 25.2 Å². The average molecular weight is 300 g/mol. The molecule has 3 rings (SSSR count). The molecule has 0 fully saturated rings. The molecule has 0 unspecified atom stereocenters. The number of thiazole rings is 1. The van der Waals surface area contributed by atoms with E-state index in [0.29, 0.717) is 22.9 Å². The molecule has 106 valence electrons. The van der Waals surface area contributed by atoms with Gasteiger partial charge < -0.3 is 5.73 Å². The van der Waals surface area contributed by atoms with Gasteiger partial charge >= 0.3 is 0 Å². The minimum absolute atomic E-state index is 0.233. The van der Waals surface area contributed by atoms with Crippen LogP contribution in [0, 0.1) is 0 Å². The summed E-state index contributed by atoms with van der Waals surface area (Å²) in [5.74, 6) is -0.119. The summed E-state index contributed by atoms with van der Waals surface area (Å²) in [4.78, 5) is 17.9. The summed E-state index contributed by atoms with van der Waals surface area (Å²) in [7, 11) is 0. The van der Waals surface area contributed by atoms with Crippen LogP contribution in [-0.2, 0) is 6.54 Å². The van der Waals surface area contributed by atoms with Gasteiger partial charge in [-0.05, 0) is 12.1 Å². The second-order valence-corrected chi connectivity index (χ2v) is 5.23. The topological polar surface area (TPSA) is 99.6 Å². The molecular weight excluding hydrogens is 288 g/mol. The third kappa shape index (κ3) is 2.52. The van der Waals surface area contributed by atoms with Gasteiger partial charge in [-0.15, -0.1) is 21.5 Å². The van der Waals surface area contributed by atoms with Gasteiger partial charge in [0.05, 0.1) is 12.2 Å². The van der Waals surface area contributed by atoms with E-state index in [4.69, 9.17) is 5.73 Å². The molecule has 0 radical (unpaired) electrons. The highest BCUT2D eigenvalue weighted by Crippen LogP contribution is 2.34. The van der Waals surface area contributed by atoms with E-state index in [1.54, 1.807) is 0 Å². The monoisotopic (exact) mass is 300 g/mol. The Morgan fingerprint density at radius 3 is 2.71 bits per heavy atom. The number of aryl methyl sites for hydroxylation is 1. The van der Waals surface area contributed by atoms with Crippen molar-refractivity contribution in [1.29, 1.82) is 0 Å². The van der Waals surface area contributed by atoms with Crippen LogP contribution in [0.5, 0.6) is 0 Å². The van der Waals surface area contributed by atoms with Gasteiger partial charge in [0.2, 0.25) is 5.82 Å². The largest absolute Gasteiger partial charge is 0.364 e. The Hall–Kier alpha value is -2.61. The first-order valence-corrected chi connectivity index (χ1v) is 7.15. The smallest absolute Gasteiger partial charge is 0.277 e. The maximum atomic E-state index is 11.4. The fourth-order valence-corrected chi connectivity index (χ4v) is 2.70. The van der Waals surface area contributed by atoms with Crippen molar-refractivity contribution in [3.8, 4) is 22.0 Å². The molecule has 8 heteroatoms. The number of carbonyl (C=O) groups is 1. The number of tetrazole rings is 1. The lowest BCUT2D eigenvalue weighted by atomic mass is 10.1. The van der Waals surface area contributed by atoms with Crippen LogP contribution in [0.4, 0.5) is 0 Å². The van der Waals surface area contributed by atoms with Crippen molar-refractivity contribution in [3.63, 3.8) is 0 Å². The van der Waals surface area contributed by atoms with Crippen LogP contribution in [0.3, 0.4) is 0 Å². The highest BCUT2D eigenvalue weighted by atomic mass is 32.1. The molecule has 2 heterocycles. The number of nitrogens with zero attached hydrogens (tertiary/aromatic N) is 5. The minimum atomic E-state index is -0.564. The number of rotatable bonds is 4. The van der Waals surface area contributed by atoms with E-state index in [1.165, 1.54) is 16.1 Å². The molecule has 3 aromatic rings. The number of carbonyl (C=O) groups excluding carboxylic acids is 1. The van der Waals surface area contributed by atoms with E-state index in [9.17, 15) is 4.79 Å². The Kier molecular flexibility index (Phi) is 3.44. The molecule has 21 heavy (non-hydrogen) atoms. The number of benzene rings is 1. The quantitative estimate of drug-likeness (QED) is 0.788. The van der Waals surface area contributed by atoms with Crippen LogP contribution >= 0.6 is 11.3 Å². The molecule has 0 aliphatic rings. The number of primary amides is 1. The molecule has 0 saturated carbocycles. The molecule has 0 atom stereocenters. The Morgan fingerprint density at radius 2 is 2.10 bits per heavy atom. The van der Waals surface area contributed by atoms with Crippen molar-refractivity contribution in [2.75, 3.05) is 0 Å². The molecule has 0 aliphatic carbocycles. The first-order valence-electron chi connectivity index (χ1n) is 6.33. The minimum Gasteiger partial charge on any atom is -0.364 e. The van der Waals surface area contributed by atoms with Crippen LogP contribution in [0.2, 0.25) is 0 Å². The van der Waals surface area contributed by atoms with Gasteiger partial charge in [0.15, 0.2) is 5.01 Å². The van der Waals surface area contributed by atoms with E-state index in [0.717, 1.165) is 5.56 Å². The van der Waals surface area contributed by atoms with Crippen molar-refractivity contribution in [2.45, 2.75) is 13.5 Å². The second-order valence-electron chi connectivity index (χ2n) is 4.23. The summed E-state index contributed by atoms with van der Waals surface area (Å²) >= 11 is 1.18. The van der Waals surface area contributed by atoms with Crippen molar-refractivity contribution >= 4 is 17.2 Å². The van der Waals surface area contributed by atoms with Gasteiger partial charge in [0.1, 0.15) is 4.88 Å². The molecule has 1 amide bonds. The Labute approximate surface area is 124 Å². The highest BCUT2D eigenvalue weighted by Gasteiger charge is 2.20. The molecule has 1 aromatic carbocycles. The molecule has 0 spiro atoms. The van der Waals surface area contributed by atoms with Crippen molar-refractivity contribution in [2.24, 2.45) is 5.73 Å². The van der Waals surface area contributed by atoms with E-state index < -0.39 is 5.91 Å². The summed E-state index contributed by atoms with van der Waals surface area (Å²) in [5.41, 5.74) is 6.85. The van der Waals surface area contributed by atoms with Crippen LogP contribution in [0.25, 0.3) is 22.0 Å². The predicted octanol–water partition coefficient (Wildman–Crippen LogP) is 1.58. The van der Waals surface area contributed by atoms with Gasteiger partial charge in [-0.25, -0.2) is 4.98 Å². The van der Waals surface area contributed by atoms with E-state index in [1.807, 2.05) is 37.3 Å². The molecular formula is C13H12N6OS. The summed E-state index contributed by atoms with van der Waals surface area (Å²) in [6.45, 7) is 2.54. The molecule has 0 aliphatic heterocycles. The summed E-state index contributed by atoms with van der Waals surface area (Å²) in [6, 6.07) is 9.54. The van der Waals surface area contributed by atoms with Crippen LogP contribution < -0.4 is 5.73 Å². The zero-order valence-electron chi connectivity index (χ0n) is 11.2. The number of nitrogens with two attached hydrogens (primary N) is 1. The third-order valence-electron chi connectivity index (χ3n) is 2.82. The van der Waals surface area contributed by atoms with Crippen molar-refractivity contribution in [3.05, 3.63) is 35.3 Å². The second kappa shape index (κ2) is 5.41. The zero-order valence-corrected chi connectivity index (χ0v) is 12.0. The summed E-state index contributed by atoms with van der Waals surface area (Å²) in [6.07, 6.45) is 0. The molecule has 0 saturated heterocycles. The maximum Gasteiger partial charge on any atom is 0.277 e. The van der Waals surface area contributed by atoms with Gasteiger partial charge in [0, 0.05) is 5.56 Å². The lowest BCUT2D eigenvalue weighted by Crippen LogP contribution is -2.10. The third-order valence-corrected chi connectivity index (χ3v) is 3.89. The van der Waals surface area contributed by atoms with Crippen molar-refractivity contribution < 1.29 is 4.79 Å². The predicted molar refractivity (Wildman–Crippen MR) is 78.6 cm³/mol. The summed E-state index contributed by atoms with van der Waals surface area (Å²) in [5, 5.41) is 12.5. The molecule has 0 bridgehead atoms. The fourth-order valence-electron chi connectivity index (χ4n) is 1.84. The molecule has 7 nitrogen and oxygen atoms in total. The number of hydrogen-bond donors (Lipinski definition) is 1. The lowest BCUT2D eigenvalue weighted by molar-refractivity contribution is 0.1000. The van der Waals surface area contributed by atoms with Crippen LogP contribution in [-0.4, -0.2) is 31.1 Å². The maximum absolute atomic E-state index is 11.4. The van der Waals surface area contributed by atoms with E-state index >= 15 is 0 Å². The molecule has 2 N–H and O–H groups in total. The Morgan fingerprint density at radius 1 is 1.33 bits per heavy atom. The van der Waals surface area contributed by atoms with Gasteiger partial charge in [-0.2, -0.15) is 4.80 Å². The van der Waals surface area contributed by atoms with Gasteiger partial charge in [-0.3, -0.25) is 4.79 Å². The van der Waals surface area contributed by atoms with Gasteiger partial charge in [0.25, 0.3) is 5.91 Å². The number of amides is 1. The fraction of sp³-hybridized carbons (Fsp3) is 0.154. The Balaban J connectivity index is 2.16. The normalized spacial score (nSPS) is 10.7. The Bertz CT molecular complexity index is 779. The zero-order chi connectivity index (χ0) is 14.8. The van der Waals surface area contributed by atoms with E-state index in [-0.39, 0.29) is 5.01 Å².